The first-order valence-electron chi connectivity index (χ1n) is 6.94. The fraction of sp³-hybridized carbons (Fsp3) is 0.571. The SMILES string of the molecule is CN(c1c(CNC(=O)OC(C)(C)C)ccc(O)[n+]1C)S(C)(=O)=O. The average Bonchev–Trinajstić information content (AvgIpc) is 2.36. The molecule has 0 aliphatic heterocycles. The predicted molar refractivity (Wildman–Crippen MR) is 85.6 cm³/mol. The van der Waals surface area contributed by atoms with Crippen LogP contribution in [0.4, 0.5) is 10.6 Å². The van der Waals surface area contributed by atoms with Crippen LogP contribution >= 0.6 is 0 Å². The number of pyridine rings is 1. The van der Waals surface area contributed by atoms with Crippen molar-refractivity contribution in [2.75, 3.05) is 17.6 Å². The highest BCUT2D eigenvalue weighted by Crippen LogP contribution is 2.20. The van der Waals surface area contributed by atoms with Crippen molar-refractivity contribution < 1.29 is 27.6 Å². The number of hydrogen-bond donors (Lipinski definition) is 2. The molecule has 1 amide bonds. The summed E-state index contributed by atoms with van der Waals surface area (Å²) in [7, 11) is -0.620. The molecule has 1 heterocycles. The zero-order valence-corrected chi connectivity index (χ0v) is 15.1. The van der Waals surface area contributed by atoms with E-state index in [4.69, 9.17) is 4.74 Å². The topological polar surface area (TPSA) is 99.8 Å². The minimum absolute atomic E-state index is 0.0538. The summed E-state index contributed by atoms with van der Waals surface area (Å²) in [6, 6.07) is 2.97. The molecule has 0 aromatic carbocycles. The lowest BCUT2D eigenvalue weighted by atomic mass is 10.2. The summed E-state index contributed by atoms with van der Waals surface area (Å²) < 4.78 is 31.1. The molecule has 0 saturated carbocycles. The van der Waals surface area contributed by atoms with E-state index in [1.165, 1.54) is 24.7 Å². The highest BCUT2D eigenvalue weighted by Gasteiger charge is 2.28. The van der Waals surface area contributed by atoms with Crippen molar-refractivity contribution >= 4 is 21.9 Å². The standard InChI is InChI=1S/C14H23N3O5S/c1-14(2,3)22-13(19)15-9-10-7-8-11(18)16(4)12(10)17(5)23(6,20)21/h7-8H,9H2,1-6H3,(H,15,19)/p+1. The summed E-state index contributed by atoms with van der Waals surface area (Å²) in [5.41, 5.74) is -0.111. The molecule has 2 N–H and O–H groups in total. The predicted octanol–water partition coefficient (Wildman–Crippen LogP) is 0.637. The number of carbonyl (C=O) groups excluding carboxylic acids is 1. The molecule has 1 aromatic rings. The van der Waals surface area contributed by atoms with E-state index < -0.39 is 21.7 Å². The van der Waals surface area contributed by atoms with Crippen molar-refractivity contribution in [3.63, 3.8) is 0 Å². The van der Waals surface area contributed by atoms with Crippen molar-refractivity contribution in [1.29, 1.82) is 0 Å². The van der Waals surface area contributed by atoms with Gasteiger partial charge in [-0.2, -0.15) is 17.3 Å². The monoisotopic (exact) mass is 346 g/mol. The molecule has 8 nitrogen and oxygen atoms in total. The minimum Gasteiger partial charge on any atom is -0.478 e. The van der Waals surface area contributed by atoms with Gasteiger partial charge in [-0.25, -0.2) is 4.79 Å². The van der Waals surface area contributed by atoms with Gasteiger partial charge in [-0.15, -0.1) is 0 Å². The van der Waals surface area contributed by atoms with Gasteiger partial charge in [0, 0.05) is 6.07 Å². The summed E-state index contributed by atoms with van der Waals surface area (Å²) in [5, 5.41) is 12.4. The number of anilines is 1. The van der Waals surface area contributed by atoms with Gasteiger partial charge in [-0.1, -0.05) is 0 Å². The summed E-state index contributed by atoms with van der Waals surface area (Å²) in [4.78, 5) is 11.7. The van der Waals surface area contributed by atoms with Gasteiger partial charge >= 0.3 is 6.09 Å². The summed E-state index contributed by atoms with van der Waals surface area (Å²) in [5.74, 6) is 0.153. The van der Waals surface area contributed by atoms with E-state index in [1.807, 2.05) is 0 Å². The summed E-state index contributed by atoms with van der Waals surface area (Å²) >= 11 is 0. The third-order valence-electron chi connectivity index (χ3n) is 3.00. The smallest absolute Gasteiger partial charge is 0.407 e. The van der Waals surface area contributed by atoms with Gasteiger partial charge in [0.15, 0.2) is 0 Å². The molecule has 0 saturated heterocycles. The molecular weight excluding hydrogens is 322 g/mol. The third kappa shape index (κ3) is 5.27. The number of sulfonamides is 1. The Bertz CT molecular complexity index is 695. The fourth-order valence-corrected chi connectivity index (χ4v) is 2.43. The summed E-state index contributed by atoms with van der Waals surface area (Å²) in [6.07, 6.45) is 0.448. The van der Waals surface area contributed by atoms with Crippen LogP contribution in [0.2, 0.25) is 0 Å². The number of hydrogen-bond acceptors (Lipinski definition) is 5. The zero-order valence-electron chi connectivity index (χ0n) is 14.2. The number of alkyl carbamates (subject to hydrolysis) is 1. The van der Waals surface area contributed by atoms with Crippen LogP contribution in [0.15, 0.2) is 12.1 Å². The molecule has 1 rings (SSSR count). The number of nitrogens with zero attached hydrogens (tertiary/aromatic N) is 2. The van der Waals surface area contributed by atoms with Crippen molar-refractivity contribution in [3.8, 4) is 5.88 Å². The molecule has 0 aliphatic carbocycles. The molecule has 1 aromatic heterocycles. The average molecular weight is 346 g/mol. The Morgan fingerprint density at radius 2 is 1.96 bits per heavy atom. The van der Waals surface area contributed by atoms with Gasteiger partial charge in [-0.05, 0) is 26.8 Å². The Hall–Kier alpha value is -2.03. The van der Waals surface area contributed by atoms with Crippen LogP contribution in [0.25, 0.3) is 0 Å². The van der Waals surface area contributed by atoms with Crippen molar-refractivity contribution in [2.24, 2.45) is 7.05 Å². The molecular formula is C14H24N3O5S+. The lowest BCUT2D eigenvalue weighted by molar-refractivity contribution is -0.665. The lowest BCUT2D eigenvalue weighted by Gasteiger charge is -2.20. The lowest BCUT2D eigenvalue weighted by Crippen LogP contribution is -2.42. The maximum Gasteiger partial charge on any atom is 0.407 e. The van der Waals surface area contributed by atoms with E-state index in [9.17, 15) is 18.3 Å². The molecule has 0 radical (unpaired) electrons. The molecule has 0 atom stereocenters. The van der Waals surface area contributed by atoms with Crippen molar-refractivity contribution in [3.05, 3.63) is 17.7 Å². The molecule has 23 heavy (non-hydrogen) atoms. The van der Waals surface area contributed by atoms with E-state index in [0.717, 1.165) is 10.6 Å². The molecule has 0 aliphatic rings. The fourth-order valence-electron chi connectivity index (χ4n) is 1.88. The molecule has 0 bridgehead atoms. The second-order valence-corrected chi connectivity index (χ2v) is 8.20. The highest BCUT2D eigenvalue weighted by atomic mass is 32.2. The Morgan fingerprint density at radius 1 is 1.39 bits per heavy atom. The Balaban J connectivity index is 3.09. The van der Waals surface area contributed by atoms with Gasteiger partial charge in [0.05, 0.1) is 32.5 Å². The molecule has 0 fully saturated rings. The van der Waals surface area contributed by atoms with Crippen LogP contribution in [0, 0.1) is 0 Å². The minimum atomic E-state index is -3.53. The van der Waals surface area contributed by atoms with E-state index in [1.54, 1.807) is 26.8 Å². The maximum atomic E-state index is 11.8. The second-order valence-electron chi connectivity index (χ2n) is 6.19. The third-order valence-corrected chi connectivity index (χ3v) is 4.17. The van der Waals surface area contributed by atoms with E-state index >= 15 is 0 Å². The molecule has 0 spiro atoms. The number of rotatable bonds is 4. The molecule has 130 valence electrons. The van der Waals surface area contributed by atoms with Gasteiger partial charge in [-0.3, -0.25) is 0 Å². The number of nitrogens with one attached hydrogen (secondary N) is 1. The van der Waals surface area contributed by atoms with Gasteiger partial charge in [0.1, 0.15) is 5.60 Å². The summed E-state index contributed by atoms with van der Waals surface area (Å²) in [6.45, 7) is 5.29. The first-order valence-corrected chi connectivity index (χ1v) is 8.79. The maximum absolute atomic E-state index is 11.8. The molecule has 9 heteroatoms. The van der Waals surface area contributed by atoms with Crippen LogP contribution in [-0.2, 0) is 28.4 Å². The zero-order chi connectivity index (χ0) is 18.0. The quantitative estimate of drug-likeness (QED) is 0.779. The number of ether oxygens (including phenoxy) is 1. The first-order chi connectivity index (χ1) is 10.3. The van der Waals surface area contributed by atoms with E-state index in [0.29, 0.717) is 5.56 Å². The van der Waals surface area contributed by atoms with Crippen LogP contribution in [0.1, 0.15) is 26.3 Å². The largest absolute Gasteiger partial charge is 0.478 e. The normalized spacial score (nSPS) is 11.9. The molecule has 0 unspecified atom stereocenters. The number of aromatic hydroxyl groups is 1. The van der Waals surface area contributed by atoms with Gasteiger partial charge in [0.25, 0.3) is 21.7 Å². The van der Waals surface area contributed by atoms with Crippen LogP contribution < -0.4 is 14.2 Å². The van der Waals surface area contributed by atoms with Crippen molar-refractivity contribution in [1.82, 2.24) is 5.32 Å². The van der Waals surface area contributed by atoms with Crippen LogP contribution in [0.3, 0.4) is 0 Å². The van der Waals surface area contributed by atoms with E-state index in [-0.39, 0.29) is 18.2 Å². The van der Waals surface area contributed by atoms with Crippen LogP contribution in [0.5, 0.6) is 5.88 Å². The number of aromatic nitrogens is 1. The van der Waals surface area contributed by atoms with Crippen LogP contribution in [-0.4, -0.2) is 38.5 Å². The van der Waals surface area contributed by atoms with Crippen molar-refractivity contribution in [2.45, 2.75) is 32.9 Å². The Morgan fingerprint density at radius 3 is 2.43 bits per heavy atom. The highest BCUT2D eigenvalue weighted by molar-refractivity contribution is 7.92. The first kappa shape index (κ1) is 19.0. The van der Waals surface area contributed by atoms with Gasteiger partial charge in [0.2, 0.25) is 0 Å². The Kier molecular flexibility index (Phi) is 5.47. The number of carbonyl (C=O) groups is 1. The number of amides is 1. The Labute approximate surface area is 136 Å². The van der Waals surface area contributed by atoms with E-state index in [2.05, 4.69) is 5.32 Å². The van der Waals surface area contributed by atoms with Gasteiger partial charge < -0.3 is 15.2 Å². The second kappa shape index (κ2) is 6.61.